The molecule has 1 N–H and O–H groups in total. The second-order valence-electron chi connectivity index (χ2n) is 3.46. The van der Waals surface area contributed by atoms with E-state index in [1.54, 1.807) is 0 Å². The first kappa shape index (κ1) is 10.4. The highest BCUT2D eigenvalue weighted by Crippen LogP contribution is 2.10. The maximum atomic E-state index is 11.1. The first-order valence-electron chi connectivity index (χ1n) is 4.51. The van der Waals surface area contributed by atoms with E-state index in [0.29, 0.717) is 6.61 Å². The molecule has 2 aliphatic heterocycles. The Kier molecular flexibility index (Phi) is 2.66. The molecule has 15 heavy (non-hydrogen) atoms. The Hall–Kier alpha value is -1.08. The van der Waals surface area contributed by atoms with Crippen LogP contribution >= 0.6 is 0 Å². The number of epoxide rings is 1. The molecule has 0 unspecified atom stereocenters. The third-order valence-electron chi connectivity index (χ3n) is 2.04. The number of carbonyl (C=O) groups is 1. The molecule has 0 spiro atoms. The average Bonchev–Trinajstić information content (AvgIpc) is 2.89. The van der Waals surface area contributed by atoms with Crippen LogP contribution < -0.4 is 5.32 Å². The van der Waals surface area contributed by atoms with Gasteiger partial charge in [0.1, 0.15) is 12.7 Å². The molecule has 2 aliphatic rings. The Morgan fingerprint density at radius 2 is 2.33 bits per heavy atom. The molecule has 1 fully saturated rings. The van der Waals surface area contributed by atoms with E-state index in [-0.39, 0.29) is 18.5 Å². The smallest absolute Gasteiger partial charge is 0.407 e. The van der Waals surface area contributed by atoms with Crippen molar-refractivity contribution >= 4 is 15.9 Å². The zero-order chi connectivity index (χ0) is 10.9. The molecule has 0 aromatic carbocycles. The number of ether oxygens (including phenoxy) is 2. The molecule has 2 heterocycles. The minimum absolute atomic E-state index is 0.0126. The molecular weight excluding hydrogens is 222 g/mol. The zero-order valence-corrected chi connectivity index (χ0v) is 8.70. The van der Waals surface area contributed by atoms with Crippen LogP contribution in [0.2, 0.25) is 0 Å². The molecule has 0 aliphatic carbocycles. The molecule has 1 saturated heterocycles. The first-order chi connectivity index (χ1) is 7.05. The van der Waals surface area contributed by atoms with Gasteiger partial charge in [-0.1, -0.05) is 0 Å². The fraction of sp³-hybridized carbons (Fsp3) is 0.625. The van der Waals surface area contributed by atoms with Crippen LogP contribution in [-0.2, 0) is 19.3 Å². The number of alkyl carbamates (subject to hydrolysis) is 1. The van der Waals surface area contributed by atoms with Gasteiger partial charge in [0.25, 0.3) is 0 Å². The van der Waals surface area contributed by atoms with Crippen molar-refractivity contribution in [3.05, 3.63) is 11.5 Å². The van der Waals surface area contributed by atoms with Gasteiger partial charge in [0.15, 0.2) is 9.84 Å². The van der Waals surface area contributed by atoms with E-state index >= 15 is 0 Å². The molecule has 7 heteroatoms. The molecule has 2 rings (SSSR count). The van der Waals surface area contributed by atoms with Crippen molar-refractivity contribution in [2.24, 2.45) is 0 Å². The van der Waals surface area contributed by atoms with Crippen LogP contribution in [0.15, 0.2) is 11.5 Å². The monoisotopic (exact) mass is 233 g/mol. The van der Waals surface area contributed by atoms with E-state index in [1.807, 2.05) is 0 Å². The Balaban J connectivity index is 1.72. The number of hydrogen-bond acceptors (Lipinski definition) is 5. The quantitative estimate of drug-likeness (QED) is 0.659. The maximum absolute atomic E-state index is 11.1. The van der Waals surface area contributed by atoms with Crippen LogP contribution in [0.25, 0.3) is 0 Å². The summed E-state index contributed by atoms with van der Waals surface area (Å²) < 4.78 is 31.6. The number of rotatable bonds is 3. The molecule has 0 aromatic rings. The summed E-state index contributed by atoms with van der Waals surface area (Å²) in [7, 11) is -3.14. The Morgan fingerprint density at radius 3 is 2.87 bits per heavy atom. The fourth-order valence-corrected chi connectivity index (χ4v) is 2.43. The number of carbonyl (C=O) groups excluding carboxylic acids is 1. The lowest BCUT2D eigenvalue weighted by Crippen LogP contribution is -2.36. The third-order valence-corrected chi connectivity index (χ3v) is 3.43. The standard InChI is InChI=1S/C8H11NO5S/c10-8(14-4-7-3-13-7)9-6-1-2-15(11,12)5-6/h1-2,6-7H,3-5H2,(H,9,10)/t6-,7+/m0/s1. The van der Waals surface area contributed by atoms with Gasteiger partial charge < -0.3 is 14.8 Å². The van der Waals surface area contributed by atoms with Crippen LogP contribution in [0.4, 0.5) is 4.79 Å². The van der Waals surface area contributed by atoms with Gasteiger partial charge in [-0.25, -0.2) is 13.2 Å². The Bertz CT molecular complexity index is 384. The van der Waals surface area contributed by atoms with Gasteiger partial charge in [0.2, 0.25) is 0 Å². The van der Waals surface area contributed by atoms with Gasteiger partial charge >= 0.3 is 6.09 Å². The fourth-order valence-electron chi connectivity index (χ4n) is 1.19. The molecule has 0 saturated carbocycles. The van der Waals surface area contributed by atoms with E-state index in [4.69, 9.17) is 9.47 Å². The van der Waals surface area contributed by atoms with E-state index in [9.17, 15) is 13.2 Å². The topological polar surface area (TPSA) is 85.0 Å². The van der Waals surface area contributed by atoms with E-state index < -0.39 is 22.0 Å². The van der Waals surface area contributed by atoms with Gasteiger partial charge in [-0.2, -0.15) is 0 Å². The van der Waals surface area contributed by atoms with Crippen LogP contribution in [0.1, 0.15) is 0 Å². The lowest BCUT2D eigenvalue weighted by Gasteiger charge is -2.09. The van der Waals surface area contributed by atoms with Crippen molar-refractivity contribution < 1.29 is 22.7 Å². The molecule has 0 bridgehead atoms. The summed E-state index contributed by atoms with van der Waals surface area (Å²) in [5.74, 6) is -0.0952. The van der Waals surface area contributed by atoms with Gasteiger partial charge in [-0.15, -0.1) is 0 Å². The van der Waals surface area contributed by atoms with E-state index in [2.05, 4.69) is 5.32 Å². The van der Waals surface area contributed by atoms with Crippen molar-refractivity contribution in [2.75, 3.05) is 19.0 Å². The number of nitrogens with one attached hydrogen (secondary N) is 1. The molecule has 6 nitrogen and oxygen atoms in total. The Morgan fingerprint density at radius 1 is 1.60 bits per heavy atom. The highest BCUT2D eigenvalue weighted by atomic mass is 32.2. The average molecular weight is 233 g/mol. The van der Waals surface area contributed by atoms with Gasteiger partial charge in [-0.05, 0) is 6.08 Å². The second kappa shape index (κ2) is 3.82. The molecule has 84 valence electrons. The molecular formula is C8H11NO5S. The van der Waals surface area contributed by atoms with Crippen molar-refractivity contribution in [1.82, 2.24) is 5.32 Å². The predicted molar refractivity (Wildman–Crippen MR) is 50.9 cm³/mol. The van der Waals surface area contributed by atoms with E-state index in [0.717, 1.165) is 5.41 Å². The van der Waals surface area contributed by atoms with Crippen LogP contribution in [0.3, 0.4) is 0 Å². The van der Waals surface area contributed by atoms with Gasteiger partial charge in [0.05, 0.1) is 18.4 Å². The summed E-state index contributed by atoms with van der Waals surface area (Å²) in [6, 6.07) is -0.484. The SMILES string of the molecule is O=C(N[C@H]1C=CS(=O)(=O)C1)OC[C@H]1CO1. The molecule has 0 radical (unpaired) electrons. The molecule has 2 atom stereocenters. The van der Waals surface area contributed by atoms with Crippen LogP contribution in [0.5, 0.6) is 0 Å². The van der Waals surface area contributed by atoms with Crippen molar-refractivity contribution in [1.29, 1.82) is 0 Å². The third kappa shape index (κ3) is 3.21. The lowest BCUT2D eigenvalue weighted by molar-refractivity contribution is 0.135. The largest absolute Gasteiger partial charge is 0.447 e. The predicted octanol–water partition coefficient (Wildman–Crippen LogP) is -0.578. The second-order valence-corrected chi connectivity index (χ2v) is 5.39. The summed E-state index contributed by atoms with van der Waals surface area (Å²) in [4.78, 5) is 11.1. The van der Waals surface area contributed by atoms with Crippen molar-refractivity contribution in [2.45, 2.75) is 12.1 Å². The highest BCUT2D eigenvalue weighted by Gasteiger charge is 2.26. The first-order valence-corrected chi connectivity index (χ1v) is 6.22. The van der Waals surface area contributed by atoms with E-state index in [1.165, 1.54) is 6.08 Å². The number of hydrogen-bond donors (Lipinski definition) is 1. The van der Waals surface area contributed by atoms with Crippen LogP contribution in [0, 0.1) is 0 Å². The normalized spacial score (nSPS) is 31.2. The molecule has 1 amide bonds. The summed E-state index contributed by atoms with van der Waals surface area (Å²) in [6.45, 7) is 0.833. The minimum Gasteiger partial charge on any atom is -0.447 e. The Labute approximate surface area is 87.2 Å². The zero-order valence-electron chi connectivity index (χ0n) is 7.88. The highest BCUT2D eigenvalue weighted by molar-refractivity contribution is 7.94. The van der Waals surface area contributed by atoms with Gasteiger partial charge in [-0.3, -0.25) is 0 Å². The molecule has 0 aromatic heterocycles. The summed E-state index contributed by atoms with van der Waals surface area (Å²) in [6.07, 6.45) is 0.834. The number of amides is 1. The lowest BCUT2D eigenvalue weighted by atomic mass is 10.3. The van der Waals surface area contributed by atoms with Crippen molar-refractivity contribution in [3.8, 4) is 0 Å². The number of sulfone groups is 1. The minimum atomic E-state index is -3.14. The van der Waals surface area contributed by atoms with Gasteiger partial charge in [0, 0.05) is 5.41 Å². The maximum Gasteiger partial charge on any atom is 0.407 e. The summed E-state index contributed by atoms with van der Waals surface area (Å²) in [5, 5.41) is 3.53. The van der Waals surface area contributed by atoms with Crippen molar-refractivity contribution in [3.63, 3.8) is 0 Å². The summed E-state index contributed by atoms with van der Waals surface area (Å²) >= 11 is 0. The van der Waals surface area contributed by atoms with Crippen LogP contribution in [-0.4, -0.2) is 45.6 Å². The summed E-state index contributed by atoms with van der Waals surface area (Å²) in [5.41, 5.74) is 0.